The van der Waals surface area contributed by atoms with E-state index in [9.17, 15) is 0 Å². The van der Waals surface area contributed by atoms with Gasteiger partial charge in [0.2, 0.25) is 0 Å². The Bertz CT molecular complexity index is 685. The Kier molecular flexibility index (Phi) is 6.76. The highest BCUT2D eigenvalue weighted by molar-refractivity contribution is 5.91. The first-order valence-electron chi connectivity index (χ1n) is 9.32. The molecule has 2 aromatic rings. The fraction of sp³-hybridized carbons (Fsp3) is 0.381. The van der Waals surface area contributed by atoms with Crippen LogP contribution in [0.15, 0.2) is 54.6 Å². The maximum absolute atomic E-state index is 8.14. The molecule has 1 aliphatic heterocycles. The number of unbranched alkanes of at least 4 members (excludes halogenated alkanes) is 1. The Labute approximate surface area is 155 Å². The maximum Gasteiger partial charge on any atom is 0.195 e. The van der Waals surface area contributed by atoms with E-state index in [1.807, 2.05) is 54.6 Å². The second kappa shape index (κ2) is 9.70. The number of rotatable bonds is 8. The third kappa shape index (κ3) is 5.69. The number of nitrogens with zero attached hydrogens (tertiary/aromatic N) is 1. The van der Waals surface area contributed by atoms with Gasteiger partial charge in [0.1, 0.15) is 11.5 Å². The largest absolute Gasteiger partial charge is 0.494 e. The molecule has 1 aliphatic rings. The maximum atomic E-state index is 8.14. The molecule has 0 spiro atoms. The molecule has 0 saturated carbocycles. The number of likely N-dealkylation sites (tertiary alicyclic amines) is 1. The highest BCUT2D eigenvalue weighted by atomic mass is 16.5. The second-order valence-corrected chi connectivity index (χ2v) is 6.41. The van der Waals surface area contributed by atoms with Crippen molar-refractivity contribution in [1.82, 2.24) is 4.90 Å². The third-order valence-corrected chi connectivity index (χ3v) is 4.34. The van der Waals surface area contributed by atoms with Gasteiger partial charge in [-0.05, 0) is 49.9 Å². The fourth-order valence-electron chi connectivity index (χ4n) is 2.92. The van der Waals surface area contributed by atoms with Gasteiger partial charge in [-0.3, -0.25) is 5.41 Å². The van der Waals surface area contributed by atoms with Crippen LogP contribution in [0.4, 0.5) is 5.69 Å². The van der Waals surface area contributed by atoms with Crippen molar-refractivity contribution in [3.8, 4) is 11.5 Å². The van der Waals surface area contributed by atoms with E-state index in [2.05, 4.69) is 10.2 Å². The van der Waals surface area contributed by atoms with Gasteiger partial charge < -0.3 is 19.7 Å². The van der Waals surface area contributed by atoms with E-state index in [1.54, 1.807) is 0 Å². The number of hydrogen-bond acceptors (Lipinski definition) is 3. The lowest BCUT2D eigenvalue weighted by atomic mass is 10.3. The van der Waals surface area contributed by atoms with Gasteiger partial charge in [0.25, 0.3) is 0 Å². The van der Waals surface area contributed by atoms with Crippen molar-refractivity contribution < 1.29 is 9.47 Å². The van der Waals surface area contributed by atoms with Crippen LogP contribution in [0, 0.1) is 5.41 Å². The summed E-state index contributed by atoms with van der Waals surface area (Å²) in [5.41, 5.74) is 0.895. The number of hydrogen-bond donors (Lipinski definition) is 2. The van der Waals surface area contributed by atoms with E-state index in [4.69, 9.17) is 14.9 Å². The molecule has 0 radical (unpaired) electrons. The number of guanidine groups is 1. The first-order valence-corrected chi connectivity index (χ1v) is 9.32. The van der Waals surface area contributed by atoms with Gasteiger partial charge in [0, 0.05) is 24.8 Å². The molecule has 5 nitrogen and oxygen atoms in total. The summed E-state index contributed by atoms with van der Waals surface area (Å²) in [6.07, 6.45) is 4.23. The SMILES string of the molecule is N=C(Nc1cccc(OCCCCOc2ccccc2)c1)N1CCCC1. The lowest BCUT2D eigenvalue weighted by molar-refractivity contribution is 0.266. The lowest BCUT2D eigenvalue weighted by Gasteiger charge is -2.19. The van der Waals surface area contributed by atoms with Gasteiger partial charge in [-0.15, -0.1) is 0 Å². The molecule has 0 amide bonds. The van der Waals surface area contributed by atoms with Crippen molar-refractivity contribution in [3.63, 3.8) is 0 Å². The predicted molar refractivity (Wildman–Crippen MR) is 105 cm³/mol. The highest BCUT2D eigenvalue weighted by Gasteiger charge is 2.14. The first-order chi connectivity index (χ1) is 12.8. The Morgan fingerprint density at radius 1 is 0.885 bits per heavy atom. The molecule has 0 aromatic heterocycles. The molecule has 2 aromatic carbocycles. The summed E-state index contributed by atoms with van der Waals surface area (Å²) >= 11 is 0. The van der Waals surface area contributed by atoms with Crippen LogP contribution >= 0.6 is 0 Å². The monoisotopic (exact) mass is 353 g/mol. The summed E-state index contributed by atoms with van der Waals surface area (Å²) < 4.78 is 11.5. The van der Waals surface area contributed by atoms with Crippen molar-refractivity contribution in [1.29, 1.82) is 5.41 Å². The van der Waals surface area contributed by atoms with Crippen molar-refractivity contribution in [3.05, 3.63) is 54.6 Å². The molecule has 138 valence electrons. The topological polar surface area (TPSA) is 57.6 Å². The van der Waals surface area contributed by atoms with Crippen LogP contribution in [0.3, 0.4) is 0 Å². The zero-order valence-corrected chi connectivity index (χ0v) is 15.1. The molecule has 1 saturated heterocycles. The van der Waals surface area contributed by atoms with E-state index in [1.165, 1.54) is 12.8 Å². The van der Waals surface area contributed by atoms with Crippen molar-refractivity contribution in [2.45, 2.75) is 25.7 Å². The van der Waals surface area contributed by atoms with Crippen LogP contribution in [0.1, 0.15) is 25.7 Å². The number of ether oxygens (including phenoxy) is 2. The van der Waals surface area contributed by atoms with Crippen LogP contribution in [-0.2, 0) is 0 Å². The van der Waals surface area contributed by atoms with Gasteiger partial charge in [0.05, 0.1) is 13.2 Å². The van der Waals surface area contributed by atoms with Crippen LogP contribution < -0.4 is 14.8 Å². The van der Waals surface area contributed by atoms with Crippen LogP contribution in [0.25, 0.3) is 0 Å². The second-order valence-electron chi connectivity index (χ2n) is 6.41. The molecule has 0 aliphatic carbocycles. The lowest BCUT2D eigenvalue weighted by Crippen LogP contribution is -2.32. The molecule has 0 unspecified atom stereocenters. The van der Waals surface area contributed by atoms with Crippen molar-refractivity contribution >= 4 is 11.6 Å². The minimum absolute atomic E-state index is 0.470. The van der Waals surface area contributed by atoms with Crippen molar-refractivity contribution in [2.75, 3.05) is 31.6 Å². The van der Waals surface area contributed by atoms with E-state index < -0.39 is 0 Å². The summed E-state index contributed by atoms with van der Waals surface area (Å²) in [7, 11) is 0. The summed E-state index contributed by atoms with van der Waals surface area (Å²) in [5.74, 6) is 2.21. The van der Waals surface area contributed by atoms with Crippen LogP contribution in [0.5, 0.6) is 11.5 Å². The zero-order chi connectivity index (χ0) is 18.0. The highest BCUT2D eigenvalue weighted by Crippen LogP contribution is 2.19. The summed E-state index contributed by atoms with van der Waals surface area (Å²) in [4.78, 5) is 2.07. The third-order valence-electron chi connectivity index (χ3n) is 4.34. The Morgan fingerprint density at radius 2 is 1.54 bits per heavy atom. The van der Waals surface area contributed by atoms with Gasteiger partial charge in [-0.1, -0.05) is 24.3 Å². The average molecular weight is 353 g/mol. The van der Waals surface area contributed by atoms with E-state index in [0.29, 0.717) is 19.2 Å². The predicted octanol–water partition coefficient (Wildman–Crippen LogP) is 4.37. The smallest absolute Gasteiger partial charge is 0.195 e. The molecule has 0 atom stereocenters. The molecule has 0 bridgehead atoms. The zero-order valence-electron chi connectivity index (χ0n) is 15.1. The summed E-state index contributed by atoms with van der Waals surface area (Å²) in [6, 6.07) is 17.7. The number of para-hydroxylation sites is 1. The fourth-order valence-corrected chi connectivity index (χ4v) is 2.92. The van der Waals surface area contributed by atoms with Crippen molar-refractivity contribution in [2.24, 2.45) is 0 Å². The number of benzene rings is 2. The Hall–Kier alpha value is -2.69. The molecule has 1 heterocycles. The molecular formula is C21H27N3O2. The Balaban J connectivity index is 1.35. The number of nitrogens with one attached hydrogen (secondary N) is 2. The van der Waals surface area contributed by atoms with E-state index >= 15 is 0 Å². The number of anilines is 1. The minimum atomic E-state index is 0.470. The van der Waals surface area contributed by atoms with E-state index in [0.717, 1.165) is 43.1 Å². The molecule has 1 fully saturated rings. The normalized spacial score (nSPS) is 13.5. The molecule has 3 rings (SSSR count). The summed E-state index contributed by atoms with van der Waals surface area (Å²) in [6.45, 7) is 3.29. The van der Waals surface area contributed by atoms with E-state index in [-0.39, 0.29) is 0 Å². The molecule has 5 heteroatoms. The van der Waals surface area contributed by atoms with Gasteiger partial charge in [-0.25, -0.2) is 0 Å². The van der Waals surface area contributed by atoms with Gasteiger partial charge in [0.15, 0.2) is 5.96 Å². The Morgan fingerprint density at radius 3 is 2.27 bits per heavy atom. The average Bonchev–Trinajstić information content (AvgIpc) is 3.21. The molecule has 2 N–H and O–H groups in total. The van der Waals surface area contributed by atoms with Gasteiger partial charge >= 0.3 is 0 Å². The van der Waals surface area contributed by atoms with Gasteiger partial charge in [-0.2, -0.15) is 0 Å². The minimum Gasteiger partial charge on any atom is -0.494 e. The molecular weight excluding hydrogens is 326 g/mol. The standard InChI is InChI=1S/C21H27N3O2/c22-21(24-13-4-5-14-24)23-18-9-8-12-20(17-18)26-16-7-6-15-25-19-10-2-1-3-11-19/h1-3,8-12,17H,4-7,13-16H2,(H2,22,23). The quantitative estimate of drug-likeness (QED) is 0.420. The van der Waals surface area contributed by atoms with Crippen LogP contribution in [0.2, 0.25) is 0 Å². The summed E-state index contributed by atoms with van der Waals surface area (Å²) in [5, 5.41) is 11.3. The first kappa shape index (κ1) is 18.1. The van der Waals surface area contributed by atoms with Crippen LogP contribution in [-0.4, -0.2) is 37.2 Å². The molecule has 26 heavy (non-hydrogen) atoms.